The van der Waals surface area contributed by atoms with Crippen molar-refractivity contribution in [1.82, 2.24) is 19.7 Å². The summed E-state index contributed by atoms with van der Waals surface area (Å²) in [5.74, 6) is 0.639. The number of hydrogen-bond donors (Lipinski definition) is 3. The monoisotopic (exact) mass is 338 g/mol. The Morgan fingerprint density at radius 1 is 1.04 bits per heavy atom. The number of anilines is 2. The van der Waals surface area contributed by atoms with Crippen LogP contribution in [0.5, 0.6) is 0 Å². The number of hydrogen-bond acceptors (Lipinski definition) is 4. The van der Waals surface area contributed by atoms with Gasteiger partial charge in [0, 0.05) is 23.5 Å². The van der Waals surface area contributed by atoms with E-state index in [1.807, 2.05) is 31.2 Å². The average Bonchev–Trinajstić information content (AvgIpc) is 2.89. The Bertz CT molecular complexity index is 972. The third-order valence-electron chi connectivity index (χ3n) is 3.44. The molecule has 1 aromatic carbocycles. The molecular formula is C17H18N6O2. The summed E-state index contributed by atoms with van der Waals surface area (Å²) in [6, 6.07) is 10.1. The molecule has 2 aromatic heterocycles. The maximum Gasteiger partial charge on any atom is 0.324 e. The highest BCUT2D eigenvalue weighted by atomic mass is 16.2. The van der Waals surface area contributed by atoms with Gasteiger partial charge in [-0.3, -0.25) is 15.1 Å². The SMILES string of the molecule is Cc1ccc(NC(=O)Nc2cc(C)nn2-c2nc(C)cc(=O)[nH]2)cc1. The van der Waals surface area contributed by atoms with Crippen LogP contribution in [0.2, 0.25) is 0 Å². The molecule has 3 aromatic rings. The largest absolute Gasteiger partial charge is 0.324 e. The van der Waals surface area contributed by atoms with Gasteiger partial charge in [-0.1, -0.05) is 17.7 Å². The molecule has 0 aliphatic rings. The van der Waals surface area contributed by atoms with E-state index >= 15 is 0 Å². The Labute approximate surface area is 143 Å². The van der Waals surface area contributed by atoms with Gasteiger partial charge in [-0.05, 0) is 32.9 Å². The van der Waals surface area contributed by atoms with Crippen molar-refractivity contribution in [2.45, 2.75) is 20.8 Å². The molecule has 25 heavy (non-hydrogen) atoms. The number of carbonyl (C=O) groups is 1. The molecule has 0 saturated carbocycles. The van der Waals surface area contributed by atoms with Gasteiger partial charge in [-0.2, -0.15) is 9.78 Å². The second-order valence-corrected chi connectivity index (χ2v) is 5.74. The van der Waals surface area contributed by atoms with Crippen LogP contribution in [0, 0.1) is 20.8 Å². The van der Waals surface area contributed by atoms with Gasteiger partial charge in [0.05, 0.1) is 5.69 Å². The maximum absolute atomic E-state index is 12.2. The minimum absolute atomic E-state index is 0.240. The molecule has 0 unspecified atom stereocenters. The maximum atomic E-state index is 12.2. The summed E-state index contributed by atoms with van der Waals surface area (Å²) in [4.78, 5) is 30.8. The zero-order chi connectivity index (χ0) is 18.0. The minimum Gasteiger partial charge on any atom is -0.308 e. The van der Waals surface area contributed by atoms with E-state index in [9.17, 15) is 9.59 Å². The van der Waals surface area contributed by atoms with E-state index in [-0.39, 0.29) is 11.5 Å². The van der Waals surface area contributed by atoms with Crippen molar-refractivity contribution in [3.8, 4) is 5.95 Å². The van der Waals surface area contributed by atoms with Gasteiger partial charge in [-0.25, -0.2) is 9.78 Å². The van der Waals surface area contributed by atoms with Gasteiger partial charge in [0.25, 0.3) is 5.56 Å². The molecule has 0 spiro atoms. The molecule has 0 bridgehead atoms. The first-order valence-corrected chi connectivity index (χ1v) is 7.70. The molecule has 8 nitrogen and oxygen atoms in total. The highest BCUT2D eigenvalue weighted by Crippen LogP contribution is 2.15. The molecule has 3 N–H and O–H groups in total. The van der Waals surface area contributed by atoms with E-state index < -0.39 is 6.03 Å². The van der Waals surface area contributed by atoms with Crippen LogP contribution in [0.1, 0.15) is 17.0 Å². The van der Waals surface area contributed by atoms with E-state index in [1.54, 1.807) is 19.9 Å². The number of aryl methyl sites for hydroxylation is 3. The molecule has 3 rings (SSSR count). The van der Waals surface area contributed by atoms with E-state index in [1.165, 1.54) is 10.7 Å². The first-order chi connectivity index (χ1) is 11.9. The van der Waals surface area contributed by atoms with Crippen LogP contribution < -0.4 is 16.2 Å². The van der Waals surface area contributed by atoms with Gasteiger partial charge < -0.3 is 5.32 Å². The normalized spacial score (nSPS) is 10.5. The lowest BCUT2D eigenvalue weighted by atomic mass is 10.2. The van der Waals surface area contributed by atoms with Gasteiger partial charge in [0.2, 0.25) is 5.95 Å². The second-order valence-electron chi connectivity index (χ2n) is 5.74. The lowest BCUT2D eigenvalue weighted by Gasteiger charge is -2.09. The molecule has 2 heterocycles. The van der Waals surface area contributed by atoms with Crippen LogP contribution >= 0.6 is 0 Å². The summed E-state index contributed by atoms with van der Waals surface area (Å²) < 4.78 is 1.39. The molecule has 128 valence electrons. The van der Waals surface area contributed by atoms with Gasteiger partial charge >= 0.3 is 6.03 Å². The molecular weight excluding hydrogens is 320 g/mol. The van der Waals surface area contributed by atoms with Crippen molar-refractivity contribution in [1.29, 1.82) is 0 Å². The highest BCUT2D eigenvalue weighted by Gasteiger charge is 2.13. The zero-order valence-electron chi connectivity index (χ0n) is 14.1. The van der Waals surface area contributed by atoms with Crippen LogP contribution in [-0.4, -0.2) is 25.8 Å². The molecule has 0 aliphatic carbocycles. The fourth-order valence-electron chi connectivity index (χ4n) is 2.33. The molecule has 0 saturated heterocycles. The molecule has 2 amide bonds. The van der Waals surface area contributed by atoms with Crippen molar-refractivity contribution in [3.05, 3.63) is 63.7 Å². The third kappa shape index (κ3) is 3.92. The number of rotatable bonds is 3. The Balaban J connectivity index is 1.84. The van der Waals surface area contributed by atoms with Gasteiger partial charge in [-0.15, -0.1) is 0 Å². The van der Waals surface area contributed by atoms with Crippen LogP contribution in [0.15, 0.2) is 41.2 Å². The topological polar surface area (TPSA) is 105 Å². The molecule has 0 atom stereocenters. The lowest BCUT2D eigenvalue weighted by Crippen LogP contribution is -2.22. The first kappa shape index (κ1) is 16.4. The van der Waals surface area contributed by atoms with Crippen LogP contribution in [0.25, 0.3) is 5.95 Å². The van der Waals surface area contributed by atoms with E-state index in [0.29, 0.717) is 22.9 Å². The number of nitrogens with one attached hydrogen (secondary N) is 3. The first-order valence-electron chi connectivity index (χ1n) is 7.70. The number of aromatic amines is 1. The standard InChI is InChI=1S/C17H18N6O2/c1-10-4-6-13(7-5-10)19-17(25)20-14-8-12(3)22-23(14)16-18-11(2)9-15(24)21-16/h4-9H,1-3H3,(H,18,21,24)(H2,19,20,25). The fourth-order valence-corrected chi connectivity index (χ4v) is 2.33. The van der Waals surface area contributed by atoms with Crippen LogP contribution in [-0.2, 0) is 0 Å². The molecule has 8 heteroatoms. The number of carbonyl (C=O) groups excluding carboxylic acids is 1. The Hall–Kier alpha value is -3.42. The Morgan fingerprint density at radius 3 is 2.44 bits per heavy atom. The van der Waals surface area contributed by atoms with Crippen molar-refractivity contribution in [2.75, 3.05) is 10.6 Å². The van der Waals surface area contributed by atoms with E-state index in [4.69, 9.17) is 0 Å². The summed E-state index contributed by atoms with van der Waals surface area (Å²) in [5.41, 5.74) is 2.73. The predicted molar refractivity (Wildman–Crippen MR) is 95.3 cm³/mol. The van der Waals surface area contributed by atoms with Crippen molar-refractivity contribution in [2.24, 2.45) is 0 Å². The predicted octanol–water partition coefficient (Wildman–Crippen LogP) is 2.52. The number of benzene rings is 1. The summed E-state index contributed by atoms with van der Waals surface area (Å²) in [6.45, 7) is 5.47. The van der Waals surface area contributed by atoms with E-state index in [2.05, 4.69) is 25.7 Å². The lowest BCUT2D eigenvalue weighted by molar-refractivity contribution is 0.262. The van der Waals surface area contributed by atoms with Crippen LogP contribution in [0.3, 0.4) is 0 Å². The van der Waals surface area contributed by atoms with Crippen LogP contribution in [0.4, 0.5) is 16.3 Å². The molecule has 0 radical (unpaired) electrons. The average molecular weight is 338 g/mol. The second kappa shape index (κ2) is 6.60. The van der Waals surface area contributed by atoms with Crippen molar-refractivity contribution < 1.29 is 4.79 Å². The fraction of sp³-hybridized carbons (Fsp3) is 0.176. The minimum atomic E-state index is -0.417. The number of nitrogens with zero attached hydrogens (tertiary/aromatic N) is 3. The zero-order valence-corrected chi connectivity index (χ0v) is 14.1. The van der Waals surface area contributed by atoms with Crippen molar-refractivity contribution >= 4 is 17.5 Å². The van der Waals surface area contributed by atoms with Crippen molar-refractivity contribution in [3.63, 3.8) is 0 Å². The third-order valence-corrected chi connectivity index (χ3v) is 3.44. The quantitative estimate of drug-likeness (QED) is 0.682. The number of H-pyrrole nitrogens is 1. The summed E-state index contributed by atoms with van der Waals surface area (Å²) >= 11 is 0. The summed E-state index contributed by atoms with van der Waals surface area (Å²) in [7, 11) is 0. The number of urea groups is 1. The number of amides is 2. The highest BCUT2D eigenvalue weighted by molar-refractivity contribution is 5.99. The van der Waals surface area contributed by atoms with Gasteiger partial charge in [0.15, 0.2) is 0 Å². The Kier molecular flexibility index (Phi) is 4.34. The smallest absolute Gasteiger partial charge is 0.308 e. The van der Waals surface area contributed by atoms with E-state index in [0.717, 1.165) is 5.56 Å². The van der Waals surface area contributed by atoms with Gasteiger partial charge in [0.1, 0.15) is 5.82 Å². The molecule has 0 aliphatic heterocycles. The Morgan fingerprint density at radius 2 is 1.76 bits per heavy atom. The number of aromatic nitrogens is 4. The summed E-state index contributed by atoms with van der Waals surface area (Å²) in [5, 5.41) is 9.74. The summed E-state index contributed by atoms with van der Waals surface area (Å²) in [6.07, 6.45) is 0. The molecule has 0 fully saturated rings.